The first-order chi connectivity index (χ1) is 4.43. The summed E-state index contributed by atoms with van der Waals surface area (Å²) in [6.45, 7) is 2.60. The van der Waals surface area contributed by atoms with E-state index in [4.69, 9.17) is 16.3 Å². The molecule has 0 radical (unpaired) electrons. The second kappa shape index (κ2) is 3.88. The van der Waals surface area contributed by atoms with E-state index in [2.05, 4.69) is 5.32 Å². The highest BCUT2D eigenvalue weighted by Gasteiger charge is 2.15. The van der Waals surface area contributed by atoms with Gasteiger partial charge in [0.25, 0.3) is 0 Å². The van der Waals surface area contributed by atoms with E-state index in [0.717, 1.165) is 13.1 Å². The Hall–Kier alpha value is -0.0500. The standard InChI is InChI=1S/C6H10ClNO/c7-2-1-3-9-6-4-8-5-6/h1-2,6,8H,3-5H2. The van der Waals surface area contributed by atoms with Crippen LogP contribution in [0.2, 0.25) is 0 Å². The SMILES string of the molecule is ClC=CCOC1CNC1. The molecule has 0 aromatic carbocycles. The van der Waals surface area contributed by atoms with Crippen LogP contribution in [-0.2, 0) is 4.74 Å². The fourth-order valence-corrected chi connectivity index (χ4v) is 0.681. The van der Waals surface area contributed by atoms with Crippen LogP contribution in [-0.4, -0.2) is 25.8 Å². The van der Waals surface area contributed by atoms with Crippen molar-refractivity contribution < 1.29 is 4.74 Å². The molecule has 1 rings (SSSR count). The molecule has 52 valence electrons. The quantitative estimate of drug-likeness (QED) is 0.636. The van der Waals surface area contributed by atoms with Gasteiger partial charge >= 0.3 is 0 Å². The number of hydrogen-bond acceptors (Lipinski definition) is 2. The molecule has 0 aromatic heterocycles. The minimum Gasteiger partial charge on any atom is -0.371 e. The highest BCUT2D eigenvalue weighted by molar-refractivity contribution is 6.25. The van der Waals surface area contributed by atoms with Crippen LogP contribution in [0, 0.1) is 0 Å². The van der Waals surface area contributed by atoms with Gasteiger partial charge in [-0.25, -0.2) is 0 Å². The Bertz CT molecular complexity index is 101. The average molecular weight is 148 g/mol. The van der Waals surface area contributed by atoms with E-state index in [-0.39, 0.29) is 0 Å². The predicted molar refractivity (Wildman–Crippen MR) is 37.6 cm³/mol. The van der Waals surface area contributed by atoms with E-state index in [1.54, 1.807) is 6.08 Å². The normalized spacial score (nSPS) is 20.6. The summed E-state index contributed by atoms with van der Waals surface area (Å²) in [5, 5.41) is 3.11. The molecular weight excluding hydrogens is 138 g/mol. The lowest BCUT2D eigenvalue weighted by molar-refractivity contribution is 0.0364. The summed E-state index contributed by atoms with van der Waals surface area (Å²) in [4.78, 5) is 0. The van der Waals surface area contributed by atoms with E-state index in [0.29, 0.717) is 12.7 Å². The highest BCUT2D eigenvalue weighted by atomic mass is 35.5. The molecule has 0 aliphatic carbocycles. The molecule has 0 unspecified atom stereocenters. The minimum absolute atomic E-state index is 0.415. The van der Waals surface area contributed by atoms with E-state index in [1.165, 1.54) is 5.54 Å². The van der Waals surface area contributed by atoms with E-state index in [9.17, 15) is 0 Å². The summed E-state index contributed by atoms with van der Waals surface area (Å²) >= 11 is 5.27. The number of hydrogen-bond donors (Lipinski definition) is 1. The van der Waals surface area contributed by atoms with E-state index >= 15 is 0 Å². The molecule has 9 heavy (non-hydrogen) atoms. The summed E-state index contributed by atoms with van der Waals surface area (Å²) in [6, 6.07) is 0. The van der Waals surface area contributed by atoms with E-state index in [1.807, 2.05) is 0 Å². The van der Waals surface area contributed by atoms with Crippen molar-refractivity contribution in [2.45, 2.75) is 6.10 Å². The van der Waals surface area contributed by atoms with Crippen LogP contribution in [0.15, 0.2) is 11.6 Å². The second-order valence-corrected chi connectivity index (χ2v) is 2.23. The maximum atomic E-state index is 5.28. The molecule has 0 spiro atoms. The van der Waals surface area contributed by atoms with Gasteiger partial charge in [0.2, 0.25) is 0 Å². The molecule has 1 fully saturated rings. The number of nitrogens with one attached hydrogen (secondary N) is 1. The van der Waals surface area contributed by atoms with Gasteiger partial charge in [-0.3, -0.25) is 0 Å². The Kier molecular flexibility index (Phi) is 3.04. The molecule has 0 saturated carbocycles. The topological polar surface area (TPSA) is 21.3 Å². The van der Waals surface area contributed by atoms with Crippen molar-refractivity contribution in [2.75, 3.05) is 19.7 Å². The van der Waals surface area contributed by atoms with Crippen molar-refractivity contribution in [1.29, 1.82) is 0 Å². The zero-order valence-corrected chi connectivity index (χ0v) is 5.90. The Labute approximate surface area is 59.8 Å². The van der Waals surface area contributed by atoms with Crippen molar-refractivity contribution in [3.05, 3.63) is 11.6 Å². The summed E-state index contributed by atoms with van der Waals surface area (Å²) in [7, 11) is 0. The lowest BCUT2D eigenvalue weighted by Crippen LogP contribution is -2.48. The van der Waals surface area contributed by atoms with Crippen LogP contribution in [0.1, 0.15) is 0 Å². The van der Waals surface area contributed by atoms with Gasteiger partial charge in [-0.05, 0) is 6.08 Å². The van der Waals surface area contributed by atoms with Crippen molar-refractivity contribution >= 4 is 11.6 Å². The summed E-state index contributed by atoms with van der Waals surface area (Å²) in [5.41, 5.74) is 1.48. The molecule has 1 aliphatic heterocycles. The van der Waals surface area contributed by atoms with Gasteiger partial charge in [0.15, 0.2) is 0 Å². The van der Waals surface area contributed by atoms with Gasteiger partial charge in [0, 0.05) is 18.6 Å². The average Bonchev–Trinajstić information content (AvgIpc) is 1.76. The second-order valence-electron chi connectivity index (χ2n) is 1.98. The zero-order chi connectivity index (χ0) is 6.53. The molecule has 1 aliphatic rings. The third-order valence-electron chi connectivity index (χ3n) is 1.26. The molecular formula is C6H10ClNO. The van der Waals surface area contributed by atoms with Crippen molar-refractivity contribution in [1.82, 2.24) is 5.32 Å². The lowest BCUT2D eigenvalue weighted by atomic mass is 10.2. The van der Waals surface area contributed by atoms with Crippen LogP contribution in [0.3, 0.4) is 0 Å². The Balaban J connectivity index is 1.91. The molecule has 1 saturated heterocycles. The molecule has 1 heterocycles. The number of rotatable bonds is 3. The highest BCUT2D eigenvalue weighted by Crippen LogP contribution is 1.97. The minimum atomic E-state index is 0.415. The molecule has 2 nitrogen and oxygen atoms in total. The first kappa shape index (κ1) is 7.06. The van der Waals surface area contributed by atoms with Gasteiger partial charge in [-0.15, -0.1) is 0 Å². The van der Waals surface area contributed by atoms with Gasteiger partial charge in [-0.2, -0.15) is 0 Å². The zero-order valence-electron chi connectivity index (χ0n) is 5.14. The van der Waals surface area contributed by atoms with Crippen LogP contribution in [0.25, 0.3) is 0 Å². The molecule has 3 heteroatoms. The van der Waals surface area contributed by atoms with Gasteiger partial charge in [-0.1, -0.05) is 11.6 Å². The smallest absolute Gasteiger partial charge is 0.0827 e. The summed E-state index contributed by atoms with van der Waals surface area (Å²) in [6.07, 6.45) is 2.21. The first-order valence-electron chi connectivity index (χ1n) is 3.01. The molecule has 0 amide bonds. The molecule has 1 N–H and O–H groups in total. The van der Waals surface area contributed by atoms with Gasteiger partial charge in [0.1, 0.15) is 0 Å². The van der Waals surface area contributed by atoms with Crippen LogP contribution in [0.5, 0.6) is 0 Å². The van der Waals surface area contributed by atoms with Crippen LogP contribution in [0.4, 0.5) is 0 Å². The molecule has 0 atom stereocenters. The van der Waals surface area contributed by atoms with Crippen molar-refractivity contribution in [3.63, 3.8) is 0 Å². The van der Waals surface area contributed by atoms with Gasteiger partial charge in [0.05, 0.1) is 12.7 Å². The van der Waals surface area contributed by atoms with E-state index < -0.39 is 0 Å². The molecule has 0 aromatic rings. The predicted octanol–water partition coefficient (Wildman–Crippen LogP) is 0.727. The summed E-state index contributed by atoms with van der Waals surface area (Å²) < 4.78 is 5.28. The maximum Gasteiger partial charge on any atom is 0.0827 e. The van der Waals surface area contributed by atoms with Crippen LogP contribution >= 0.6 is 11.6 Å². The Morgan fingerprint density at radius 1 is 1.67 bits per heavy atom. The fourth-order valence-electron chi connectivity index (χ4n) is 0.608. The Morgan fingerprint density at radius 3 is 2.89 bits per heavy atom. The third-order valence-corrected chi connectivity index (χ3v) is 1.44. The third kappa shape index (κ3) is 2.35. The monoisotopic (exact) mass is 147 g/mol. The first-order valence-corrected chi connectivity index (χ1v) is 3.44. The number of halogens is 1. The van der Waals surface area contributed by atoms with Crippen molar-refractivity contribution in [3.8, 4) is 0 Å². The fraction of sp³-hybridized carbons (Fsp3) is 0.667. The molecule has 0 bridgehead atoms. The van der Waals surface area contributed by atoms with Crippen molar-refractivity contribution in [2.24, 2.45) is 0 Å². The summed E-state index contributed by atoms with van der Waals surface area (Å²) in [5.74, 6) is 0. The van der Waals surface area contributed by atoms with Crippen LogP contribution < -0.4 is 5.32 Å². The lowest BCUT2D eigenvalue weighted by Gasteiger charge is -2.26. The Morgan fingerprint density at radius 2 is 2.44 bits per heavy atom. The largest absolute Gasteiger partial charge is 0.371 e. The number of ether oxygens (including phenoxy) is 1. The van der Waals surface area contributed by atoms with Gasteiger partial charge < -0.3 is 10.1 Å². The maximum absolute atomic E-state index is 5.28.